The minimum atomic E-state index is -0.684. The summed E-state index contributed by atoms with van der Waals surface area (Å²) in [6.07, 6.45) is 0. The molecule has 1 aromatic rings. The van der Waals surface area contributed by atoms with E-state index in [4.69, 9.17) is 0 Å². The highest BCUT2D eigenvalue weighted by atomic mass is 19.1. The van der Waals surface area contributed by atoms with Crippen LogP contribution in [-0.2, 0) is 0 Å². The Morgan fingerprint density at radius 1 is 1.50 bits per heavy atom. The van der Waals surface area contributed by atoms with E-state index in [0.29, 0.717) is 0 Å². The predicted molar refractivity (Wildman–Crippen MR) is 34.7 cm³/mol. The maximum absolute atomic E-state index is 12.5. The van der Waals surface area contributed by atoms with Crippen LogP contribution >= 0.6 is 0 Å². The SMILES string of the molecule is CNc1c[c]c(F)cc1F. The molecule has 0 bridgehead atoms. The number of anilines is 1. The van der Waals surface area contributed by atoms with Crippen molar-refractivity contribution in [2.24, 2.45) is 0 Å². The number of halogens is 2. The predicted octanol–water partition coefficient (Wildman–Crippen LogP) is 1.81. The van der Waals surface area contributed by atoms with Crippen LogP contribution in [0.4, 0.5) is 14.5 Å². The van der Waals surface area contributed by atoms with Gasteiger partial charge in [-0.25, -0.2) is 8.78 Å². The Morgan fingerprint density at radius 2 is 2.20 bits per heavy atom. The van der Waals surface area contributed by atoms with Crippen molar-refractivity contribution in [3.8, 4) is 0 Å². The highest BCUT2D eigenvalue weighted by Gasteiger charge is 1.99. The van der Waals surface area contributed by atoms with Gasteiger partial charge in [-0.2, -0.15) is 0 Å². The second-order valence-electron chi connectivity index (χ2n) is 1.79. The average Bonchev–Trinajstić information content (AvgIpc) is 1.88. The normalized spacial score (nSPS) is 9.50. The number of nitrogens with one attached hydrogen (secondary N) is 1. The van der Waals surface area contributed by atoms with Crippen LogP contribution in [0.1, 0.15) is 0 Å². The monoisotopic (exact) mass is 142 g/mol. The summed E-state index contributed by atoms with van der Waals surface area (Å²) in [5.74, 6) is -1.28. The summed E-state index contributed by atoms with van der Waals surface area (Å²) < 4.78 is 24.7. The number of hydrogen-bond donors (Lipinski definition) is 1. The molecule has 1 rings (SSSR count). The molecule has 0 aliphatic carbocycles. The molecule has 3 heteroatoms. The standard InChI is InChI=1S/C7H6F2N/c1-10-7-3-2-5(8)4-6(7)9/h3-4,10H,1H3. The van der Waals surface area contributed by atoms with Crippen molar-refractivity contribution in [1.29, 1.82) is 0 Å². The van der Waals surface area contributed by atoms with Crippen LogP contribution in [0, 0.1) is 17.7 Å². The van der Waals surface area contributed by atoms with E-state index >= 15 is 0 Å². The molecule has 0 atom stereocenters. The van der Waals surface area contributed by atoms with Gasteiger partial charge in [-0.3, -0.25) is 0 Å². The van der Waals surface area contributed by atoms with E-state index in [9.17, 15) is 8.78 Å². The van der Waals surface area contributed by atoms with E-state index in [1.807, 2.05) is 0 Å². The molecule has 10 heavy (non-hydrogen) atoms. The fraction of sp³-hybridized carbons (Fsp3) is 0.143. The van der Waals surface area contributed by atoms with Crippen molar-refractivity contribution in [3.63, 3.8) is 0 Å². The lowest BCUT2D eigenvalue weighted by Crippen LogP contribution is -1.92. The van der Waals surface area contributed by atoms with Crippen molar-refractivity contribution >= 4 is 5.69 Å². The molecule has 1 radical (unpaired) electrons. The Balaban J connectivity index is 3.07. The van der Waals surface area contributed by atoms with Gasteiger partial charge in [0.2, 0.25) is 0 Å². The first-order valence-electron chi connectivity index (χ1n) is 2.78. The minimum Gasteiger partial charge on any atom is -0.386 e. The van der Waals surface area contributed by atoms with Gasteiger partial charge in [-0.05, 0) is 6.07 Å². The lowest BCUT2D eigenvalue weighted by molar-refractivity contribution is 0.584. The van der Waals surface area contributed by atoms with Gasteiger partial charge < -0.3 is 5.32 Å². The molecule has 0 spiro atoms. The van der Waals surface area contributed by atoms with Crippen LogP contribution in [0.3, 0.4) is 0 Å². The molecular formula is C7H6F2N. The van der Waals surface area contributed by atoms with Gasteiger partial charge in [-0.15, -0.1) is 0 Å². The second-order valence-corrected chi connectivity index (χ2v) is 1.79. The van der Waals surface area contributed by atoms with Crippen LogP contribution in [0.15, 0.2) is 12.1 Å². The second kappa shape index (κ2) is 2.64. The summed E-state index contributed by atoms with van der Waals surface area (Å²) in [6.45, 7) is 0. The summed E-state index contributed by atoms with van der Waals surface area (Å²) in [4.78, 5) is 0. The molecule has 1 aromatic carbocycles. The molecule has 0 heterocycles. The third kappa shape index (κ3) is 1.23. The summed E-state index contributed by atoms with van der Waals surface area (Å²) in [6, 6.07) is 4.23. The van der Waals surface area contributed by atoms with Gasteiger partial charge in [0.05, 0.1) is 5.69 Å². The Bertz CT molecular complexity index is 235. The molecule has 1 nitrogen and oxygen atoms in total. The molecule has 1 N–H and O–H groups in total. The molecule has 0 aliphatic rings. The van der Waals surface area contributed by atoms with E-state index in [0.717, 1.165) is 6.07 Å². The zero-order chi connectivity index (χ0) is 7.56. The molecule has 0 amide bonds. The van der Waals surface area contributed by atoms with Crippen LogP contribution in [-0.4, -0.2) is 7.05 Å². The van der Waals surface area contributed by atoms with Crippen molar-refractivity contribution in [2.75, 3.05) is 12.4 Å². The topological polar surface area (TPSA) is 12.0 Å². The zero-order valence-electron chi connectivity index (χ0n) is 5.41. The van der Waals surface area contributed by atoms with E-state index < -0.39 is 11.6 Å². The summed E-state index contributed by atoms with van der Waals surface area (Å²) in [5.41, 5.74) is 0.251. The van der Waals surface area contributed by atoms with Crippen molar-refractivity contribution < 1.29 is 8.78 Å². The quantitative estimate of drug-likeness (QED) is 0.630. The maximum atomic E-state index is 12.5. The van der Waals surface area contributed by atoms with E-state index in [2.05, 4.69) is 11.4 Å². The number of hydrogen-bond acceptors (Lipinski definition) is 1. The molecular weight excluding hydrogens is 136 g/mol. The number of rotatable bonds is 1. The Labute approximate surface area is 57.7 Å². The third-order valence-corrected chi connectivity index (χ3v) is 1.13. The van der Waals surface area contributed by atoms with Gasteiger partial charge in [0.1, 0.15) is 11.6 Å². The Kier molecular flexibility index (Phi) is 1.85. The Hall–Kier alpha value is -1.12. The van der Waals surface area contributed by atoms with Crippen LogP contribution in [0.5, 0.6) is 0 Å². The molecule has 0 aliphatic heterocycles. The summed E-state index contributed by atoms with van der Waals surface area (Å²) >= 11 is 0. The van der Waals surface area contributed by atoms with E-state index in [1.165, 1.54) is 6.07 Å². The van der Waals surface area contributed by atoms with E-state index in [-0.39, 0.29) is 5.69 Å². The third-order valence-electron chi connectivity index (χ3n) is 1.13. The molecule has 0 unspecified atom stereocenters. The van der Waals surface area contributed by atoms with Crippen LogP contribution in [0.2, 0.25) is 0 Å². The molecule has 0 fully saturated rings. The molecule has 53 valence electrons. The van der Waals surface area contributed by atoms with Crippen molar-refractivity contribution in [1.82, 2.24) is 0 Å². The lowest BCUT2D eigenvalue weighted by atomic mass is 10.3. The number of benzene rings is 1. The smallest absolute Gasteiger partial charge is 0.149 e. The molecule has 0 saturated carbocycles. The van der Waals surface area contributed by atoms with Gasteiger partial charge in [0.25, 0.3) is 0 Å². The molecule has 0 saturated heterocycles. The highest BCUT2D eigenvalue weighted by Crippen LogP contribution is 2.12. The Morgan fingerprint density at radius 3 is 2.70 bits per heavy atom. The van der Waals surface area contributed by atoms with Gasteiger partial charge in [-0.1, -0.05) is 0 Å². The first-order valence-corrected chi connectivity index (χ1v) is 2.78. The minimum absolute atomic E-state index is 0.251. The average molecular weight is 142 g/mol. The first-order chi connectivity index (χ1) is 4.74. The lowest BCUT2D eigenvalue weighted by Gasteiger charge is -1.99. The first kappa shape index (κ1) is 6.99. The van der Waals surface area contributed by atoms with Crippen molar-refractivity contribution in [2.45, 2.75) is 0 Å². The van der Waals surface area contributed by atoms with Crippen molar-refractivity contribution in [3.05, 3.63) is 29.8 Å². The van der Waals surface area contributed by atoms with Gasteiger partial charge >= 0.3 is 0 Å². The maximum Gasteiger partial charge on any atom is 0.149 e. The van der Waals surface area contributed by atoms with Gasteiger partial charge in [0, 0.05) is 19.2 Å². The molecule has 0 aromatic heterocycles. The highest BCUT2D eigenvalue weighted by molar-refractivity contribution is 5.43. The fourth-order valence-corrected chi connectivity index (χ4v) is 0.632. The largest absolute Gasteiger partial charge is 0.386 e. The fourth-order valence-electron chi connectivity index (χ4n) is 0.632. The van der Waals surface area contributed by atoms with E-state index in [1.54, 1.807) is 7.05 Å². The van der Waals surface area contributed by atoms with Gasteiger partial charge in [0.15, 0.2) is 0 Å². The van der Waals surface area contributed by atoms with Crippen LogP contribution in [0.25, 0.3) is 0 Å². The summed E-state index contributed by atoms with van der Waals surface area (Å²) in [5, 5.41) is 2.55. The van der Waals surface area contributed by atoms with Crippen LogP contribution < -0.4 is 5.32 Å². The zero-order valence-corrected chi connectivity index (χ0v) is 5.41. The summed E-state index contributed by atoms with van der Waals surface area (Å²) in [7, 11) is 1.56.